The molecule has 0 saturated carbocycles. The smallest absolute Gasteiger partial charge is 0.0586 e. The summed E-state index contributed by atoms with van der Waals surface area (Å²) in [6.45, 7) is 5.15. The highest BCUT2D eigenvalue weighted by Gasteiger charge is 2.30. The van der Waals surface area contributed by atoms with Crippen LogP contribution in [0.2, 0.25) is 0 Å². The Labute approximate surface area is 134 Å². The maximum absolute atomic E-state index is 9.60. The predicted molar refractivity (Wildman–Crippen MR) is 91.0 cm³/mol. The molecule has 2 heterocycles. The van der Waals surface area contributed by atoms with Crippen molar-refractivity contribution in [3.05, 3.63) is 35.9 Å². The molecule has 2 fully saturated rings. The van der Waals surface area contributed by atoms with Crippen molar-refractivity contribution in [3.8, 4) is 0 Å². The third-order valence-corrected chi connectivity index (χ3v) is 5.47. The van der Waals surface area contributed by atoms with Gasteiger partial charge in [0.05, 0.1) is 6.61 Å². The normalized spacial score (nSPS) is 25.4. The van der Waals surface area contributed by atoms with E-state index in [1.54, 1.807) is 0 Å². The molecule has 2 aliphatic heterocycles. The van der Waals surface area contributed by atoms with E-state index in [2.05, 4.69) is 40.1 Å². The van der Waals surface area contributed by atoms with Gasteiger partial charge in [-0.05, 0) is 57.3 Å². The minimum atomic E-state index is 0.341. The molecule has 0 aliphatic carbocycles. The van der Waals surface area contributed by atoms with Crippen molar-refractivity contribution in [2.75, 3.05) is 32.8 Å². The fourth-order valence-electron chi connectivity index (χ4n) is 4.11. The second kappa shape index (κ2) is 8.09. The molecule has 2 saturated heterocycles. The van der Waals surface area contributed by atoms with Gasteiger partial charge in [0, 0.05) is 18.6 Å². The van der Waals surface area contributed by atoms with E-state index in [-0.39, 0.29) is 0 Å². The Balaban J connectivity index is 1.44. The first kappa shape index (κ1) is 16.0. The standard InChI is InChI=1S/C19H30N2O/c22-16-19-8-4-5-12-21(19)18-10-14-20(15-11-18)13-9-17-6-2-1-3-7-17/h1-3,6-7,18-19,22H,4-5,8-16H2/t19-/m1/s1. The maximum Gasteiger partial charge on any atom is 0.0586 e. The van der Waals surface area contributed by atoms with Gasteiger partial charge in [0.2, 0.25) is 0 Å². The third kappa shape index (κ3) is 4.09. The van der Waals surface area contributed by atoms with E-state index in [4.69, 9.17) is 0 Å². The molecule has 22 heavy (non-hydrogen) atoms. The number of aliphatic hydroxyl groups excluding tert-OH is 1. The van der Waals surface area contributed by atoms with Crippen LogP contribution in [0.1, 0.15) is 37.7 Å². The Hall–Kier alpha value is -0.900. The topological polar surface area (TPSA) is 26.7 Å². The van der Waals surface area contributed by atoms with Gasteiger partial charge in [0.15, 0.2) is 0 Å². The molecule has 3 rings (SSSR count). The summed E-state index contributed by atoms with van der Waals surface area (Å²) >= 11 is 0. The van der Waals surface area contributed by atoms with Gasteiger partial charge in [-0.3, -0.25) is 4.90 Å². The molecule has 0 spiro atoms. The van der Waals surface area contributed by atoms with Crippen LogP contribution in [0.3, 0.4) is 0 Å². The first-order valence-corrected chi connectivity index (χ1v) is 8.99. The highest BCUT2D eigenvalue weighted by molar-refractivity contribution is 5.14. The van der Waals surface area contributed by atoms with Crippen LogP contribution in [0.15, 0.2) is 30.3 Å². The van der Waals surface area contributed by atoms with Gasteiger partial charge in [0.25, 0.3) is 0 Å². The SMILES string of the molecule is OC[C@H]1CCCCN1C1CCN(CCc2ccccc2)CC1. The summed E-state index contributed by atoms with van der Waals surface area (Å²) in [5.74, 6) is 0. The highest BCUT2D eigenvalue weighted by atomic mass is 16.3. The van der Waals surface area contributed by atoms with E-state index < -0.39 is 0 Å². The van der Waals surface area contributed by atoms with Crippen LogP contribution in [0.25, 0.3) is 0 Å². The molecule has 0 radical (unpaired) electrons. The predicted octanol–water partition coefficient (Wildman–Crippen LogP) is 2.54. The summed E-state index contributed by atoms with van der Waals surface area (Å²) in [5, 5.41) is 9.60. The lowest BCUT2D eigenvalue weighted by Gasteiger charge is -2.44. The summed E-state index contributed by atoms with van der Waals surface area (Å²) in [6.07, 6.45) is 7.48. The molecule has 0 aromatic heterocycles. The lowest BCUT2D eigenvalue weighted by Crippen LogP contribution is -2.52. The van der Waals surface area contributed by atoms with Crippen molar-refractivity contribution in [2.24, 2.45) is 0 Å². The third-order valence-electron chi connectivity index (χ3n) is 5.47. The lowest BCUT2D eigenvalue weighted by atomic mass is 9.95. The number of rotatable bonds is 5. The van der Waals surface area contributed by atoms with E-state index >= 15 is 0 Å². The summed E-state index contributed by atoms with van der Waals surface area (Å²) in [6, 6.07) is 11.9. The molecule has 1 N–H and O–H groups in total. The maximum atomic E-state index is 9.60. The fourth-order valence-corrected chi connectivity index (χ4v) is 4.11. The van der Waals surface area contributed by atoms with Crippen LogP contribution in [0, 0.1) is 0 Å². The molecule has 2 aliphatic rings. The Morgan fingerprint density at radius 1 is 0.955 bits per heavy atom. The molecule has 0 unspecified atom stereocenters. The largest absolute Gasteiger partial charge is 0.395 e. The summed E-state index contributed by atoms with van der Waals surface area (Å²) in [5.41, 5.74) is 1.45. The van der Waals surface area contributed by atoms with Gasteiger partial charge in [-0.15, -0.1) is 0 Å². The molecule has 0 bridgehead atoms. The molecular formula is C19H30N2O. The van der Waals surface area contributed by atoms with Gasteiger partial charge in [-0.1, -0.05) is 36.8 Å². The van der Waals surface area contributed by atoms with E-state index in [9.17, 15) is 5.11 Å². The summed E-state index contributed by atoms with van der Waals surface area (Å²) in [4.78, 5) is 5.22. The zero-order valence-electron chi connectivity index (χ0n) is 13.7. The zero-order chi connectivity index (χ0) is 15.2. The molecule has 3 nitrogen and oxygen atoms in total. The van der Waals surface area contributed by atoms with Crippen molar-refractivity contribution in [2.45, 2.75) is 50.6 Å². The minimum absolute atomic E-state index is 0.341. The molecule has 1 aromatic carbocycles. The average Bonchev–Trinajstić information content (AvgIpc) is 2.61. The quantitative estimate of drug-likeness (QED) is 0.905. The Morgan fingerprint density at radius 2 is 1.73 bits per heavy atom. The zero-order valence-corrected chi connectivity index (χ0v) is 13.7. The van der Waals surface area contributed by atoms with Gasteiger partial charge in [0.1, 0.15) is 0 Å². The van der Waals surface area contributed by atoms with Gasteiger partial charge >= 0.3 is 0 Å². The van der Waals surface area contributed by atoms with E-state index in [1.807, 2.05) is 0 Å². The van der Waals surface area contributed by atoms with Crippen LogP contribution in [0.4, 0.5) is 0 Å². The van der Waals surface area contributed by atoms with Crippen molar-refractivity contribution in [3.63, 3.8) is 0 Å². The number of aliphatic hydroxyl groups is 1. The molecule has 0 amide bonds. The number of hydrogen-bond acceptors (Lipinski definition) is 3. The fraction of sp³-hybridized carbons (Fsp3) is 0.684. The molecule has 3 heteroatoms. The Morgan fingerprint density at radius 3 is 2.45 bits per heavy atom. The first-order chi connectivity index (χ1) is 10.9. The van der Waals surface area contributed by atoms with Crippen molar-refractivity contribution < 1.29 is 5.11 Å². The monoisotopic (exact) mass is 302 g/mol. The summed E-state index contributed by atoms with van der Waals surface area (Å²) in [7, 11) is 0. The van der Waals surface area contributed by atoms with Crippen molar-refractivity contribution >= 4 is 0 Å². The molecule has 1 aromatic rings. The minimum Gasteiger partial charge on any atom is -0.395 e. The average molecular weight is 302 g/mol. The van der Waals surface area contributed by atoms with Crippen LogP contribution < -0.4 is 0 Å². The lowest BCUT2D eigenvalue weighted by molar-refractivity contribution is 0.0244. The number of piperidine rings is 2. The second-order valence-electron chi connectivity index (χ2n) is 6.88. The van der Waals surface area contributed by atoms with E-state index in [0.29, 0.717) is 18.7 Å². The number of likely N-dealkylation sites (tertiary alicyclic amines) is 2. The highest BCUT2D eigenvalue weighted by Crippen LogP contribution is 2.25. The van der Waals surface area contributed by atoms with Crippen LogP contribution in [0.5, 0.6) is 0 Å². The van der Waals surface area contributed by atoms with Gasteiger partial charge in [-0.25, -0.2) is 0 Å². The van der Waals surface area contributed by atoms with Gasteiger partial charge in [-0.2, -0.15) is 0 Å². The van der Waals surface area contributed by atoms with Crippen LogP contribution in [-0.4, -0.2) is 59.8 Å². The number of benzene rings is 1. The van der Waals surface area contributed by atoms with Crippen molar-refractivity contribution in [1.82, 2.24) is 9.80 Å². The van der Waals surface area contributed by atoms with Gasteiger partial charge < -0.3 is 10.0 Å². The second-order valence-corrected chi connectivity index (χ2v) is 6.88. The molecular weight excluding hydrogens is 272 g/mol. The molecule has 1 atom stereocenters. The van der Waals surface area contributed by atoms with E-state index in [0.717, 1.165) is 6.42 Å². The number of hydrogen-bond donors (Lipinski definition) is 1. The summed E-state index contributed by atoms with van der Waals surface area (Å²) < 4.78 is 0. The van der Waals surface area contributed by atoms with Crippen molar-refractivity contribution in [1.29, 1.82) is 0 Å². The first-order valence-electron chi connectivity index (χ1n) is 8.99. The Kier molecular flexibility index (Phi) is 5.88. The van der Waals surface area contributed by atoms with Crippen LogP contribution in [-0.2, 0) is 6.42 Å². The molecule has 122 valence electrons. The number of nitrogens with zero attached hydrogens (tertiary/aromatic N) is 2. The Bertz CT molecular complexity index is 428. The van der Waals surface area contributed by atoms with Crippen LogP contribution >= 0.6 is 0 Å². The van der Waals surface area contributed by atoms with E-state index in [1.165, 1.54) is 63.8 Å².